The van der Waals surface area contributed by atoms with Crippen molar-refractivity contribution in [3.05, 3.63) is 0 Å². The molecule has 0 aromatic rings. The lowest BCUT2D eigenvalue weighted by Gasteiger charge is -2.22. The molecule has 1 N–H and O–H groups in total. The van der Waals surface area contributed by atoms with E-state index in [1.54, 1.807) is 11.8 Å². The van der Waals surface area contributed by atoms with Crippen molar-refractivity contribution in [3.8, 4) is 0 Å². The van der Waals surface area contributed by atoms with Gasteiger partial charge in [-0.3, -0.25) is 4.99 Å². The summed E-state index contributed by atoms with van der Waals surface area (Å²) >= 11 is 1.71. The van der Waals surface area contributed by atoms with E-state index in [0.29, 0.717) is 0 Å². The number of rotatable bonds is 2. The van der Waals surface area contributed by atoms with Crippen LogP contribution in [0.3, 0.4) is 0 Å². The van der Waals surface area contributed by atoms with Gasteiger partial charge in [0.05, 0.1) is 0 Å². The lowest BCUT2D eigenvalue weighted by molar-refractivity contribution is -0.00000362. The summed E-state index contributed by atoms with van der Waals surface area (Å²) in [5.74, 6) is 0.879. The molecule has 0 spiro atoms. The highest BCUT2D eigenvalue weighted by Gasteiger charge is 2.21. The predicted molar refractivity (Wildman–Crippen MR) is 61.4 cm³/mol. The van der Waals surface area contributed by atoms with Crippen molar-refractivity contribution in [2.45, 2.75) is 39.2 Å². The molecule has 0 atom stereocenters. The third-order valence-corrected chi connectivity index (χ3v) is 2.48. The maximum Gasteiger partial charge on any atom is 0.156 e. The van der Waals surface area contributed by atoms with Gasteiger partial charge in [-0.15, -0.1) is 0 Å². The zero-order chi connectivity index (χ0) is 9.90. The summed E-state index contributed by atoms with van der Waals surface area (Å²) in [7, 11) is 0. The smallest absolute Gasteiger partial charge is 0.156 e. The number of hydrogen-bond donors (Lipinski definition) is 1. The second-order valence-corrected chi connectivity index (χ2v) is 5.46. The molecule has 0 amide bonds. The Morgan fingerprint density at radius 3 is 2.36 bits per heavy atom. The Hall–Kier alpha value is 0.550. The van der Waals surface area contributed by atoms with Crippen LogP contribution in [-0.4, -0.2) is 23.5 Å². The molecule has 0 radical (unpaired) electrons. The van der Waals surface area contributed by atoms with E-state index in [1.165, 1.54) is 12.8 Å². The summed E-state index contributed by atoms with van der Waals surface area (Å²) in [6.07, 6.45) is 4.83. The molecule has 0 aromatic carbocycles. The minimum Gasteiger partial charge on any atom is -1.00 e. The molecule has 2 nitrogen and oxygen atoms in total. The summed E-state index contributed by atoms with van der Waals surface area (Å²) in [5, 5.41) is 4.48. The second kappa shape index (κ2) is 6.20. The molecule has 1 aliphatic rings. The van der Waals surface area contributed by atoms with Gasteiger partial charge < -0.3 is 29.3 Å². The maximum absolute atomic E-state index is 4.56. The number of thioether (sulfide) groups is 1. The molecule has 1 fully saturated rings. The van der Waals surface area contributed by atoms with Gasteiger partial charge in [-0.25, -0.2) is 0 Å². The van der Waals surface area contributed by atoms with Crippen LogP contribution in [0.2, 0.25) is 0 Å². The Kier molecular flexibility index (Phi) is 6.45. The van der Waals surface area contributed by atoms with E-state index in [4.69, 9.17) is 0 Å². The van der Waals surface area contributed by atoms with Crippen molar-refractivity contribution in [2.24, 2.45) is 10.9 Å². The Bertz CT molecular complexity index is 195. The standard InChI is InChI=1S/C10H20N2S.HI/c1-10(2,3)12-9(13-4)11-7-8-5-6-8;/h8H,5-7H2,1-4H3,(H,11,12);1H/p-1. The quantitative estimate of drug-likeness (QED) is 0.420. The number of aliphatic imine (C=N–C) groups is 1. The first-order valence-electron chi connectivity index (χ1n) is 4.88. The van der Waals surface area contributed by atoms with E-state index < -0.39 is 0 Å². The Balaban J connectivity index is 0.00000169. The summed E-state index contributed by atoms with van der Waals surface area (Å²) in [6, 6.07) is 0. The van der Waals surface area contributed by atoms with Crippen molar-refractivity contribution >= 4 is 16.9 Å². The number of nitrogens with zero attached hydrogens (tertiary/aromatic N) is 1. The zero-order valence-corrected chi connectivity index (χ0v) is 12.4. The first-order valence-corrected chi connectivity index (χ1v) is 6.10. The average molecular weight is 327 g/mol. The largest absolute Gasteiger partial charge is 1.00 e. The number of halogens is 1. The van der Waals surface area contributed by atoms with Crippen molar-refractivity contribution < 1.29 is 24.0 Å². The molecule has 0 heterocycles. The van der Waals surface area contributed by atoms with Gasteiger partial charge in [-0.1, -0.05) is 11.8 Å². The van der Waals surface area contributed by atoms with Gasteiger partial charge in [0, 0.05) is 12.1 Å². The SMILES string of the molecule is CSC(=NCC1CC1)NC(C)(C)C.[I-]. The molecule has 0 bridgehead atoms. The molecule has 1 rings (SSSR count). The lowest BCUT2D eigenvalue weighted by atomic mass is 10.1. The van der Waals surface area contributed by atoms with Crippen molar-refractivity contribution in [1.82, 2.24) is 5.32 Å². The van der Waals surface area contributed by atoms with E-state index in [1.807, 2.05) is 0 Å². The van der Waals surface area contributed by atoms with Crippen LogP contribution in [0.5, 0.6) is 0 Å². The van der Waals surface area contributed by atoms with Gasteiger partial charge in [-0.05, 0) is 45.8 Å². The average Bonchev–Trinajstić information content (AvgIpc) is 2.78. The first kappa shape index (κ1) is 14.6. The van der Waals surface area contributed by atoms with Crippen LogP contribution in [0.1, 0.15) is 33.6 Å². The third-order valence-electron chi connectivity index (χ3n) is 1.87. The topological polar surface area (TPSA) is 24.4 Å². The molecule has 0 aliphatic heterocycles. The molecule has 84 valence electrons. The summed E-state index contributed by atoms with van der Waals surface area (Å²) in [6.45, 7) is 7.50. The number of nitrogens with one attached hydrogen (secondary N) is 1. The van der Waals surface area contributed by atoms with Crippen LogP contribution in [-0.2, 0) is 0 Å². The van der Waals surface area contributed by atoms with Crippen LogP contribution in [0, 0.1) is 5.92 Å². The van der Waals surface area contributed by atoms with Crippen molar-refractivity contribution in [1.29, 1.82) is 0 Å². The fourth-order valence-electron chi connectivity index (χ4n) is 0.988. The zero-order valence-electron chi connectivity index (χ0n) is 9.43. The van der Waals surface area contributed by atoms with Crippen LogP contribution < -0.4 is 29.3 Å². The lowest BCUT2D eigenvalue weighted by Crippen LogP contribution is -3.00. The molecule has 0 unspecified atom stereocenters. The van der Waals surface area contributed by atoms with E-state index in [2.05, 4.69) is 37.3 Å². The van der Waals surface area contributed by atoms with Crippen molar-refractivity contribution in [3.63, 3.8) is 0 Å². The van der Waals surface area contributed by atoms with Gasteiger partial charge >= 0.3 is 0 Å². The molecule has 1 saturated carbocycles. The highest BCUT2D eigenvalue weighted by atomic mass is 127. The molecule has 14 heavy (non-hydrogen) atoms. The number of hydrogen-bond acceptors (Lipinski definition) is 2. The Morgan fingerprint density at radius 2 is 2.00 bits per heavy atom. The molecular formula is C10H20IN2S-. The third kappa shape index (κ3) is 6.92. The summed E-state index contributed by atoms with van der Waals surface area (Å²) < 4.78 is 0. The predicted octanol–water partition coefficient (Wildman–Crippen LogP) is -0.492. The minimum absolute atomic E-state index is 0. The minimum atomic E-state index is 0. The van der Waals surface area contributed by atoms with Gasteiger partial charge in [0.1, 0.15) is 0 Å². The van der Waals surface area contributed by atoms with E-state index in [-0.39, 0.29) is 29.5 Å². The van der Waals surface area contributed by atoms with E-state index >= 15 is 0 Å². The fraction of sp³-hybridized carbons (Fsp3) is 0.900. The molecule has 4 heteroatoms. The summed E-state index contributed by atoms with van der Waals surface area (Å²) in [4.78, 5) is 4.56. The van der Waals surface area contributed by atoms with Crippen LogP contribution in [0.25, 0.3) is 0 Å². The highest BCUT2D eigenvalue weighted by molar-refractivity contribution is 8.13. The van der Waals surface area contributed by atoms with Crippen molar-refractivity contribution in [2.75, 3.05) is 12.8 Å². The van der Waals surface area contributed by atoms with E-state index in [0.717, 1.165) is 17.6 Å². The van der Waals surface area contributed by atoms with Crippen LogP contribution >= 0.6 is 11.8 Å². The first-order chi connectivity index (χ1) is 6.01. The Labute approximate surface area is 109 Å². The number of amidine groups is 1. The molecule has 0 aromatic heterocycles. The monoisotopic (exact) mass is 327 g/mol. The maximum atomic E-state index is 4.56. The van der Waals surface area contributed by atoms with Crippen LogP contribution in [0.15, 0.2) is 4.99 Å². The highest BCUT2D eigenvalue weighted by Crippen LogP contribution is 2.29. The van der Waals surface area contributed by atoms with Gasteiger partial charge in [0.25, 0.3) is 0 Å². The summed E-state index contributed by atoms with van der Waals surface area (Å²) in [5.41, 5.74) is 0.130. The van der Waals surface area contributed by atoms with Gasteiger partial charge in [-0.2, -0.15) is 0 Å². The van der Waals surface area contributed by atoms with E-state index in [9.17, 15) is 0 Å². The molecular weight excluding hydrogens is 307 g/mol. The Morgan fingerprint density at radius 1 is 1.43 bits per heavy atom. The normalized spacial score (nSPS) is 17.6. The van der Waals surface area contributed by atoms with Gasteiger partial charge in [0.15, 0.2) is 5.17 Å². The van der Waals surface area contributed by atoms with Gasteiger partial charge in [0.2, 0.25) is 0 Å². The molecule has 0 saturated heterocycles. The second-order valence-electron chi connectivity index (χ2n) is 4.67. The van der Waals surface area contributed by atoms with Crippen LogP contribution in [0.4, 0.5) is 0 Å². The molecule has 1 aliphatic carbocycles. The fourth-order valence-corrected chi connectivity index (χ4v) is 1.60.